The number of rotatable bonds is 7. The van der Waals surface area contributed by atoms with E-state index in [4.69, 9.17) is 9.52 Å². The maximum Gasteiger partial charge on any atom is 0.339 e. The van der Waals surface area contributed by atoms with E-state index in [0.29, 0.717) is 6.42 Å². The van der Waals surface area contributed by atoms with E-state index in [9.17, 15) is 18.0 Å². The highest BCUT2D eigenvalue weighted by Gasteiger charge is 2.38. The number of amides is 1. The molecule has 1 unspecified atom stereocenters. The second-order valence-corrected chi connectivity index (χ2v) is 8.18. The first kappa shape index (κ1) is 17.5. The first-order valence-corrected chi connectivity index (χ1v) is 9.56. The molecule has 1 fully saturated rings. The van der Waals surface area contributed by atoms with E-state index in [2.05, 4.69) is 0 Å². The number of carboxylic acids is 1. The molecule has 1 N–H and O–H groups in total. The van der Waals surface area contributed by atoms with E-state index in [1.807, 2.05) is 0 Å². The fourth-order valence-electron chi connectivity index (χ4n) is 2.70. The lowest BCUT2D eigenvalue weighted by Gasteiger charge is -2.28. The topological polar surface area (TPSA) is 105 Å². The summed E-state index contributed by atoms with van der Waals surface area (Å²) in [5.74, 6) is -1.54. The lowest BCUT2D eigenvalue weighted by molar-refractivity contribution is 0.0655. The maximum absolute atomic E-state index is 12.7. The highest BCUT2D eigenvalue weighted by atomic mass is 32.2. The molecule has 1 atom stereocenters. The van der Waals surface area contributed by atoms with Crippen LogP contribution in [0.25, 0.3) is 0 Å². The molecule has 2 rings (SSSR count). The Kier molecular flexibility index (Phi) is 4.84. The van der Waals surface area contributed by atoms with Gasteiger partial charge in [-0.15, -0.1) is 0 Å². The van der Waals surface area contributed by atoms with Crippen molar-refractivity contribution in [2.75, 3.05) is 12.0 Å². The van der Waals surface area contributed by atoms with Crippen LogP contribution in [0.2, 0.25) is 0 Å². The molecule has 1 aliphatic carbocycles. The van der Waals surface area contributed by atoms with E-state index in [1.165, 1.54) is 11.0 Å². The molecule has 23 heavy (non-hydrogen) atoms. The molecule has 0 bridgehead atoms. The Bertz CT molecular complexity index is 716. The normalized spacial score (nSPS) is 16.1. The van der Waals surface area contributed by atoms with Gasteiger partial charge in [0.25, 0.3) is 5.91 Å². The summed E-state index contributed by atoms with van der Waals surface area (Å²) in [6, 6.07) is 0.725. The summed E-state index contributed by atoms with van der Waals surface area (Å²) in [6.45, 7) is 3.42. The van der Waals surface area contributed by atoms with Crippen molar-refractivity contribution in [3.8, 4) is 0 Å². The summed E-state index contributed by atoms with van der Waals surface area (Å²) in [6.07, 6.45) is 3.11. The fourth-order valence-corrected chi connectivity index (χ4v) is 3.74. The van der Waals surface area contributed by atoms with E-state index in [-0.39, 0.29) is 28.9 Å². The maximum atomic E-state index is 12.7. The van der Waals surface area contributed by atoms with Gasteiger partial charge in [0.1, 0.15) is 21.2 Å². The summed E-state index contributed by atoms with van der Waals surface area (Å²) >= 11 is 0. The number of aromatic carboxylic acids is 1. The SMILES string of the molecule is CCc1oc(C(=O)N(C(C)CS(C)(=O)=O)C2CC2)cc1C(=O)O. The van der Waals surface area contributed by atoms with Crippen LogP contribution in [0, 0.1) is 0 Å². The Labute approximate surface area is 135 Å². The van der Waals surface area contributed by atoms with Crippen LogP contribution in [0.5, 0.6) is 0 Å². The van der Waals surface area contributed by atoms with Gasteiger partial charge < -0.3 is 14.4 Å². The zero-order valence-electron chi connectivity index (χ0n) is 13.4. The monoisotopic (exact) mass is 343 g/mol. The second-order valence-electron chi connectivity index (χ2n) is 5.99. The summed E-state index contributed by atoms with van der Waals surface area (Å²) < 4.78 is 28.4. The van der Waals surface area contributed by atoms with Gasteiger partial charge in [0, 0.05) is 30.8 Å². The third-order valence-corrected chi connectivity index (χ3v) is 4.85. The number of sulfone groups is 1. The van der Waals surface area contributed by atoms with Gasteiger partial charge in [0.05, 0.1) is 5.75 Å². The Morgan fingerprint density at radius 3 is 2.43 bits per heavy atom. The van der Waals surface area contributed by atoms with Crippen LogP contribution in [0.15, 0.2) is 10.5 Å². The van der Waals surface area contributed by atoms with Crippen molar-refractivity contribution in [3.05, 3.63) is 23.2 Å². The predicted octanol–water partition coefficient (Wildman–Crippen LogP) is 1.58. The first-order valence-electron chi connectivity index (χ1n) is 7.50. The molecule has 8 heteroatoms. The molecule has 1 aromatic rings. The Morgan fingerprint density at radius 1 is 1.43 bits per heavy atom. The lowest BCUT2D eigenvalue weighted by atomic mass is 10.2. The van der Waals surface area contributed by atoms with Gasteiger partial charge in [-0.2, -0.15) is 0 Å². The Balaban J connectivity index is 2.30. The molecule has 1 aliphatic rings. The molecule has 0 aliphatic heterocycles. The van der Waals surface area contributed by atoms with E-state index >= 15 is 0 Å². The largest absolute Gasteiger partial charge is 0.478 e. The molecule has 1 saturated carbocycles. The van der Waals surface area contributed by atoms with Crippen molar-refractivity contribution in [2.45, 2.75) is 45.2 Å². The van der Waals surface area contributed by atoms with Crippen molar-refractivity contribution >= 4 is 21.7 Å². The van der Waals surface area contributed by atoms with Gasteiger partial charge >= 0.3 is 5.97 Å². The van der Waals surface area contributed by atoms with Gasteiger partial charge in [-0.1, -0.05) is 6.92 Å². The van der Waals surface area contributed by atoms with Crippen LogP contribution in [0.3, 0.4) is 0 Å². The van der Waals surface area contributed by atoms with Crippen molar-refractivity contribution in [3.63, 3.8) is 0 Å². The smallest absolute Gasteiger partial charge is 0.339 e. The number of carbonyl (C=O) groups excluding carboxylic acids is 1. The third kappa shape index (κ3) is 4.13. The van der Waals surface area contributed by atoms with Crippen LogP contribution < -0.4 is 0 Å². The van der Waals surface area contributed by atoms with Gasteiger partial charge in [-0.25, -0.2) is 13.2 Å². The van der Waals surface area contributed by atoms with Crippen LogP contribution in [0.4, 0.5) is 0 Å². The zero-order chi connectivity index (χ0) is 17.4. The molecule has 0 aromatic carbocycles. The van der Waals surface area contributed by atoms with E-state index in [1.54, 1.807) is 13.8 Å². The minimum Gasteiger partial charge on any atom is -0.478 e. The summed E-state index contributed by atoms with van der Waals surface area (Å²) in [5, 5.41) is 9.15. The minimum atomic E-state index is -3.23. The van der Waals surface area contributed by atoms with Gasteiger partial charge in [0.15, 0.2) is 5.76 Å². The highest BCUT2D eigenvalue weighted by molar-refractivity contribution is 7.90. The number of furan rings is 1. The molecule has 1 heterocycles. The van der Waals surface area contributed by atoms with Gasteiger partial charge in [-0.3, -0.25) is 4.79 Å². The summed E-state index contributed by atoms with van der Waals surface area (Å²) in [7, 11) is -3.23. The average molecular weight is 343 g/mol. The standard InChI is InChI=1S/C15H21NO6S/c1-4-12-11(15(18)19)7-13(22-12)14(17)16(10-5-6-10)9(2)8-23(3,20)21/h7,9-10H,4-6,8H2,1-3H3,(H,18,19). The van der Waals surface area contributed by atoms with E-state index < -0.39 is 27.8 Å². The second kappa shape index (κ2) is 6.35. The molecule has 1 amide bonds. The number of nitrogens with zero attached hydrogens (tertiary/aromatic N) is 1. The summed E-state index contributed by atoms with van der Waals surface area (Å²) in [4.78, 5) is 25.4. The average Bonchev–Trinajstić information content (AvgIpc) is 3.13. The van der Waals surface area contributed by atoms with E-state index in [0.717, 1.165) is 19.1 Å². The van der Waals surface area contributed by atoms with Crippen molar-refractivity contribution in [1.82, 2.24) is 4.90 Å². The lowest BCUT2D eigenvalue weighted by Crippen LogP contribution is -2.43. The number of hydrogen-bond donors (Lipinski definition) is 1. The molecule has 0 saturated heterocycles. The minimum absolute atomic E-state index is 0.0114. The number of hydrogen-bond acceptors (Lipinski definition) is 5. The number of aryl methyl sites for hydroxylation is 1. The van der Waals surface area contributed by atoms with Crippen molar-refractivity contribution < 1.29 is 27.5 Å². The van der Waals surface area contributed by atoms with Crippen molar-refractivity contribution in [2.24, 2.45) is 0 Å². The first-order chi connectivity index (χ1) is 10.6. The zero-order valence-corrected chi connectivity index (χ0v) is 14.2. The van der Waals surface area contributed by atoms with Crippen LogP contribution in [-0.4, -0.2) is 54.4 Å². The molecule has 0 radical (unpaired) electrons. The van der Waals surface area contributed by atoms with Gasteiger partial charge in [0.2, 0.25) is 0 Å². The number of carbonyl (C=O) groups is 2. The summed E-state index contributed by atoms with van der Waals surface area (Å²) in [5.41, 5.74) is -0.0256. The molecule has 1 aromatic heterocycles. The molecular formula is C15H21NO6S. The Hall–Kier alpha value is -1.83. The molecule has 0 spiro atoms. The fraction of sp³-hybridized carbons (Fsp3) is 0.600. The van der Waals surface area contributed by atoms with Gasteiger partial charge in [-0.05, 0) is 19.8 Å². The van der Waals surface area contributed by atoms with Crippen molar-refractivity contribution in [1.29, 1.82) is 0 Å². The molecule has 7 nitrogen and oxygen atoms in total. The van der Waals surface area contributed by atoms with Crippen LogP contribution in [-0.2, 0) is 16.3 Å². The molecule has 128 valence electrons. The van der Waals surface area contributed by atoms with Crippen LogP contribution in [0.1, 0.15) is 53.4 Å². The Morgan fingerprint density at radius 2 is 2.04 bits per heavy atom. The molecular weight excluding hydrogens is 322 g/mol. The highest BCUT2D eigenvalue weighted by Crippen LogP contribution is 2.31. The quantitative estimate of drug-likeness (QED) is 0.806. The number of carboxylic acid groups (broad SMARTS) is 1. The van der Waals surface area contributed by atoms with Crippen LogP contribution >= 0.6 is 0 Å². The third-order valence-electron chi connectivity index (χ3n) is 3.76. The predicted molar refractivity (Wildman–Crippen MR) is 83.4 cm³/mol.